The molecule has 140 valence electrons. The predicted molar refractivity (Wildman–Crippen MR) is 106 cm³/mol. The van der Waals surface area contributed by atoms with Gasteiger partial charge in [-0.2, -0.15) is 0 Å². The molecule has 0 unspecified atom stereocenters. The summed E-state index contributed by atoms with van der Waals surface area (Å²) in [5.74, 6) is 2.31. The number of ether oxygens (including phenoxy) is 3. The van der Waals surface area contributed by atoms with Crippen LogP contribution in [0.3, 0.4) is 0 Å². The van der Waals surface area contributed by atoms with Gasteiger partial charge in [-0.15, -0.1) is 0 Å². The first-order valence-corrected chi connectivity index (χ1v) is 8.51. The second-order valence-electron chi connectivity index (χ2n) is 6.34. The van der Waals surface area contributed by atoms with E-state index >= 15 is 0 Å². The molecule has 0 aliphatic carbocycles. The van der Waals surface area contributed by atoms with Gasteiger partial charge in [0.15, 0.2) is 11.5 Å². The molecular formula is C22H22O5. The number of methoxy groups -OCH3 is 2. The van der Waals surface area contributed by atoms with Gasteiger partial charge >= 0.3 is 0 Å². The average Bonchev–Trinajstić information content (AvgIpc) is 2.65. The van der Waals surface area contributed by atoms with Crippen molar-refractivity contribution in [2.75, 3.05) is 20.8 Å². The van der Waals surface area contributed by atoms with Gasteiger partial charge in [-0.05, 0) is 49.2 Å². The van der Waals surface area contributed by atoms with Crippen LogP contribution in [0.2, 0.25) is 0 Å². The maximum absolute atomic E-state index is 13.1. The van der Waals surface area contributed by atoms with E-state index in [-0.39, 0.29) is 5.43 Å². The van der Waals surface area contributed by atoms with Crippen molar-refractivity contribution in [1.82, 2.24) is 0 Å². The summed E-state index contributed by atoms with van der Waals surface area (Å²) in [5, 5.41) is 0.494. The number of rotatable bonds is 6. The zero-order valence-electron chi connectivity index (χ0n) is 15.9. The normalized spacial score (nSPS) is 10.7. The van der Waals surface area contributed by atoms with Crippen LogP contribution in [-0.4, -0.2) is 20.8 Å². The highest BCUT2D eigenvalue weighted by Crippen LogP contribution is 2.33. The van der Waals surface area contributed by atoms with Crippen molar-refractivity contribution in [3.05, 3.63) is 64.5 Å². The number of aryl methyl sites for hydroxylation is 1. The van der Waals surface area contributed by atoms with Gasteiger partial charge in [-0.1, -0.05) is 12.6 Å². The molecule has 1 aromatic heterocycles. The standard InChI is InChI=1S/C22H22O5/c1-13(2)12-26-16-7-8-17-19(11-16)27-14(3)21(22(17)23)15-6-9-18(24-4)20(10-15)25-5/h6-11H,1,12H2,2-5H3. The van der Waals surface area contributed by atoms with E-state index in [2.05, 4.69) is 6.58 Å². The fraction of sp³-hybridized carbons (Fsp3) is 0.227. The molecular weight excluding hydrogens is 344 g/mol. The summed E-state index contributed by atoms with van der Waals surface area (Å²) in [6.07, 6.45) is 0. The molecule has 0 N–H and O–H groups in total. The molecule has 2 aromatic carbocycles. The number of benzene rings is 2. The lowest BCUT2D eigenvalue weighted by Gasteiger charge is -2.12. The lowest BCUT2D eigenvalue weighted by molar-refractivity contribution is 0.352. The predicted octanol–water partition coefficient (Wildman–Crippen LogP) is 4.74. The molecule has 0 radical (unpaired) electrons. The highest BCUT2D eigenvalue weighted by atomic mass is 16.5. The Kier molecular flexibility index (Phi) is 5.21. The Morgan fingerprint density at radius 1 is 1.07 bits per heavy atom. The molecule has 5 nitrogen and oxygen atoms in total. The SMILES string of the molecule is C=C(C)COc1ccc2c(=O)c(-c3ccc(OC)c(OC)c3)c(C)oc2c1. The summed E-state index contributed by atoms with van der Waals surface area (Å²) in [5.41, 5.74) is 2.51. The minimum atomic E-state index is -0.104. The molecule has 1 heterocycles. The highest BCUT2D eigenvalue weighted by Gasteiger charge is 2.16. The second-order valence-corrected chi connectivity index (χ2v) is 6.34. The van der Waals surface area contributed by atoms with E-state index in [1.807, 2.05) is 13.0 Å². The Bertz CT molecular complexity index is 1060. The summed E-state index contributed by atoms with van der Waals surface area (Å²) >= 11 is 0. The lowest BCUT2D eigenvalue weighted by Crippen LogP contribution is -2.08. The van der Waals surface area contributed by atoms with Crippen LogP contribution in [0.1, 0.15) is 12.7 Å². The Morgan fingerprint density at radius 2 is 1.81 bits per heavy atom. The number of fused-ring (bicyclic) bond motifs is 1. The van der Waals surface area contributed by atoms with Crippen molar-refractivity contribution < 1.29 is 18.6 Å². The van der Waals surface area contributed by atoms with E-state index < -0.39 is 0 Å². The summed E-state index contributed by atoms with van der Waals surface area (Å²) in [7, 11) is 3.13. The van der Waals surface area contributed by atoms with E-state index in [1.54, 1.807) is 51.5 Å². The molecule has 0 spiro atoms. The fourth-order valence-corrected chi connectivity index (χ4v) is 2.91. The van der Waals surface area contributed by atoms with Crippen molar-refractivity contribution in [3.8, 4) is 28.4 Å². The lowest BCUT2D eigenvalue weighted by atomic mass is 10.0. The van der Waals surface area contributed by atoms with Gasteiger partial charge in [0.1, 0.15) is 23.7 Å². The molecule has 3 aromatic rings. The summed E-state index contributed by atoms with van der Waals surface area (Å²) < 4.78 is 22.2. The average molecular weight is 366 g/mol. The summed E-state index contributed by atoms with van der Waals surface area (Å²) in [4.78, 5) is 13.1. The maximum Gasteiger partial charge on any atom is 0.200 e. The molecule has 27 heavy (non-hydrogen) atoms. The summed E-state index contributed by atoms with van der Waals surface area (Å²) in [6, 6.07) is 10.6. The van der Waals surface area contributed by atoms with Gasteiger partial charge in [0.05, 0.1) is 25.2 Å². The molecule has 0 aliphatic rings. The fourth-order valence-electron chi connectivity index (χ4n) is 2.91. The third kappa shape index (κ3) is 3.67. The van der Waals surface area contributed by atoms with Crippen LogP contribution in [0.25, 0.3) is 22.1 Å². The van der Waals surface area contributed by atoms with Crippen molar-refractivity contribution in [3.63, 3.8) is 0 Å². The molecule has 0 atom stereocenters. The van der Waals surface area contributed by atoms with Gasteiger partial charge < -0.3 is 18.6 Å². The van der Waals surface area contributed by atoms with Crippen LogP contribution in [0.15, 0.2) is 57.8 Å². The molecule has 0 saturated carbocycles. The molecule has 0 bridgehead atoms. The Morgan fingerprint density at radius 3 is 2.48 bits per heavy atom. The van der Waals surface area contributed by atoms with Gasteiger partial charge in [0.2, 0.25) is 5.43 Å². The highest BCUT2D eigenvalue weighted by molar-refractivity contribution is 5.84. The zero-order chi connectivity index (χ0) is 19.6. The van der Waals surface area contributed by atoms with E-state index in [1.165, 1.54) is 0 Å². The number of hydrogen-bond donors (Lipinski definition) is 0. The first-order valence-electron chi connectivity index (χ1n) is 8.51. The minimum absolute atomic E-state index is 0.104. The first-order chi connectivity index (χ1) is 12.9. The molecule has 5 heteroatoms. The van der Waals surface area contributed by atoms with Crippen LogP contribution in [0.4, 0.5) is 0 Å². The maximum atomic E-state index is 13.1. The molecule has 0 amide bonds. The molecule has 3 rings (SSSR count). The minimum Gasteiger partial charge on any atom is -0.493 e. The van der Waals surface area contributed by atoms with Crippen molar-refractivity contribution in [2.45, 2.75) is 13.8 Å². The van der Waals surface area contributed by atoms with Gasteiger partial charge in [-0.3, -0.25) is 4.79 Å². The van der Waals surface area contributed by atoms with Crippen molar-refractivity contribution in [1.29, 1.82) is 0 Å². The van der Waals surface area contributed by atoms with Crippen molar-refractivity contribution in [2.24, 2.45) is 0 Å². The van der Waals surface area contributed by atoms with Crippen LogP contribution in [0, 0.1) is 6.92 Å². The van der Waals surface area contributed by atoms with Crippen LogP contribution in [0.5, 0.6) is 17.2 Å². The van der Waals surface area contributed by atoms with Gasteiger partial charge in [0.25, 0.3) is 0 Å². The molecule has 0 aliphatic heterocycles. The first kappa shape index (κ1) is 18.6. The molecule has 0 fully saturated rings. The second kappa shape index (κ2) is 7.58. The monoisotopic (exact) mass is 366 g/mol. The van der Waals surface area contributed by atoms with E-state index in [9.17, 15) is 4.79 Å². The quantitative estimate of drug-likeness (QED) is 0.590. The third-order valence-corrected chi connectivity index (χ3v) is 4.20. The number of hydrogen-bond acceptors (Lipinski definition) is 5. The van der Waals surface area contributed by atoms with Gasteiger partial charge in [0, 0.05) is 6.07 Å². The zero-order valence-corrected chi connectivity index (χ0v) is 15.9. The Labute approximate surface area is 157 Å². The summed E-state index contributed by atoms with van der Waals surface area (Å²) in [6.45, 7) is 7.89. The smallest absolute Gasteiger partial charge is 0.200 e. The molecule has 0 saturated heterocycles. The van der Waals surface area contributed by atoms with Crippen LogP contribution in [-0.2, 0) is 0 Å². The largest absolute Gasteiger partial charge is 0.493 e. The van der Waals surface area contributed by atoms with Gasteiger partial charge in [-0.25, -0.2) is 0 Å². The Hall–Kier alpha value is -3.21. The van der Waals surface area contributed by atoms with Crippen molar-refractivity contribution >= 4 is 11.0 Å². The Balaban J connectivity index is 2.11. The third-order valence-electron chi connectivity index (χ3n) is 4.20. The van der Waals surface area contributed by atoms with E-state index in [4.69, 9.17) is 18.6 Å². The van der Waals surface area contributed by atoms with E-state index in [0.29, 0.717) is 51.7 Å². The van der Waals surface area contributed by atoms with Crippen LogP contribution >= 0.6 is 0 Å². The van der Waals surface area contributed by atoms with Crippen LogP contribution < -0.4 is 19.6 Å². The van der Waals surface area contributed by atoms with E-state index in [0.717, 1.165) is 5.57 Å². The topological polar surface area (TPSA) is 57.9 Å².